The summed E-state index contributed by atoms with van der Waals surface area (Å²) in [5.74, 6) is 2.32. The molecule has 0 bridgehead atoms. The topological polar surface area (TPSA) is 59.0 Å². The van der Waals surface area contributed by atoms with Crippen molar-refractivity contribution in [3.63, 3.8) is 0 Å². The first-order valence-electron chi connectivity index (χ1n) is 10.4. The first kappa shape index (κ1) is 21.2. The SMILES string of the molecule is COc1ccc(CN(C)[C@@H]2C[C@@H]3[C@@H](O)[C@H](SC(=O)c4ccccc4)C[C@@H]32)c(OC)c1. The molecule has 2 aromatic rings. The van der Waals surface area contributed by atoms with E-state index in [0.29, 0.717) is 17.5 Å². The summed E-state index contributed by atoms with van der Waals surface area (Å²) in [7, 11) is 5.46. The van der Waals surface area contributed by atoms with Gasteiger partial charge in [0.15, 0.2) is 0 Å². The highest BCUT2D eigenvalue weighted by atomic mass is 32.2. The quantitative estimate of drug-likeness (QED) is 0.724. The van der Waals surface area contributed by atoms with Crippen molar-refractivity contribution in [1.29, 1.82) is 0 Å². The van der Waals surface area contributed by atoms with Crippen LogP contribution in [0.25, 0.3) is 0 Å². The Bertz CT molecular complexity index is 890. The van der Waals surface area contributed by atoms with Crippen LogP contribution in [0.5, 0.6) is 11.5 Å². The van der Waals surface area contributed by atoms with E-state index in [1.54, 1.807) is 14.2 Å². The Morgan fingerprint density at radius 3 is 2.57 bits per heavy atom. The number of fused-ring (bicyclic) bond motifs is 1. The molecule has 4 rings (SSSR count). The molecule has 0 unspecified atom stereocenters. The highest BCUT2D eigenvalue weighted by molar-refractivity contribution is 8.14. The van der Waals surface area contributed by atoms with Gasteiger partial charge in [0.05, 0.1) is 20.3 Å². The van der Waals surface area contributed by atoms with Crippen LogP contribution in [0.15, 0.2) is 48.5 Å². The maximum absolute atomic E-state index is 12.6. The minimum Gasteiger partial charge on any atom is -0.497 e. The summed E-state index contributed by atoms with van der Waals surface area (Å²) in [6.07, 6.45) is 1.44. The Hall–Kier alpha value is -2.02. The number of hydrogen-bond donors (Lipinski definition) is 1. The number of aliphatic hydroxyl groups is 1. The van der Waals surface area contributed by atoms with Crippen molar-refractivity contribution in [2.45, 2.75) is 36.8 Å². The molecule has 2 fully saturated rings. The summed E-state index contributed by atoms with van der Waals surface area (Å²) < 4.78 is 10.8. The van der Waals surface area contributed by atoms with Crippen LogP contribution >= 0.6 is 11.8 Å². The van der Waals surface area contributed by atoms with Crippen molar-refractivity contribution < 1.29 is 19.4 Å². The molecule has 6 heteroatoms. The number of carbonyl (C=O) groups is 1. The molecule has 2 aromatic carbocycles. The van der Waals surface area contributed by atoms with Gasteiger partial charge in [0, 0.05) is 35.0 Å². The number of nitrogens with zero attached hydrogens (tertiary/aromatic N) is 1. The number of aliphatic hydroxyl groups excluding tert-OH is 1. The fourth-order valence-electron chi connectivity index (χ4n) is 4.90. The summed E-state index contributed by atoms with van der Waals surface area (Å²) in [6.45, 7) is 0.776. The number of carbonyl (C=O) groups excluding carboxylic acids is 1. The van der Waals surface area contributed by atoms with Crippen LogP contribution < -0.4 is 9.47 Å². The first-order valence-corrected chi connectivity index (χ1v) is 11.2. The third kappa shape index (κ3) is 4.09. The molecule has 2 aliphatic carbocycles. The van der Waals surface area contributed by atoms with E-state index in [0.717, 1.165) is 36.4 Å². The Balaban J connectivity index is 1.38. The fourth-order valence-corrected chi connectivity index (χ4v) is 6.11. The maximum atomic E-state index is 12.6. The second-order valence-corrected chi connectivity index (χ2v) is 9.47. The number of thioether (sulfide) groups is 1. The van der Waals surface area contributed by atoms with E-state index >= 15 is 0 Å². The molecule has 1 N–H and O–H groups in total. The lowest BCUT2D eigenvalue weighted by Gasteiger charge is -2.46. The normalized spacial score (nSPS) is 27.4. The molecular formula is C24H29NO4S. The van der Waals surface area contributed by atoms with Crippen molar-refractivity contribution in [2.75, 3.05) is 21.3 Å². The van der Waals surface area contributed by atoms with Gasteiger partial charge >= 0.3 is 0 Å². The van der Waals surface area contributed by atoms with Crippen LogP contribution in [0.1, 0.15) is 28.8 Å². The zero-order valence-electron chi connectivity index (χ0n) is 17.7. The molecule has 5 nitrogen and oxygen atoms in total. The van der Waals surface area contributed by atoms with Crippen LogP contribution in [-0.2, 0) is 6.54 Å². The molecule has 0 saturated heterocycles. The number of methoxy groups -OCH3 is 2. The Labute approximate surface area is 182 Å². The van der Waals surface area contributed by atoms with Crippen LogP contribution in [0.4, 0.5) is 0 Å². The van der Waals surface area contributed by atoms with Crippen molar-refractivity contribution in [3.05, 3.63) is 59.7 Å². The average Bonchev–Trinajstić information content (AvgIpc) is 2.98. The Morgan fingerprint density at radius 1 is 1.10 bits per heavy atom. The Kier molecular flexibility index (Phi) is 6.37. The molecule has 0 aromatic heterocycles. The van der Waals surface area contributed by atoms with Crippen LogP contribution in [-0.4, -0.2) is 53.8 Å². The second kappa shape index (κ2) is 9.00. The Morgan fingerprint density at radius 2 is 1.87 bits per heavy atom. The van der Waals surface area contributed by atoms with E-state index in [-0.39, 0.29) is 16.3 Å². The molecule has 0 radical (unpaired) electrons. The van der Waals surface area contributed by atoms with Gasteiger partial charge in [-0.25, -0.2) is 0 Å². The first-order chi connectivity index (χ1) is 14.5. The monoisotopic (exact) mass is 427 g/mol. The largest absolute Gasteiger partial charge is 0.497 e. The highest BCUT2D eigenvalue weighted by Crippen LogP contribution is 2.52. The van der Waals surface area contributed by atoms with Gasteiger partial charge in [0.2, 0.25) is 5.12 Å². The van der Waals surface area contributed by atoms with Gasteiger partial charge in [-0.05, 0) is 37.8 Å². The van der Waals surface area contributed by atoms with Gasteiger partial charge < -0.3 is 14.6 Å². The third-order valence-corrected chi connectivity index (χ3v) is 7.85. The summed E-state index contributed by atoms with van der Waals surface area (Å²) in [6, 6.07) is 15.7. The van der Waals surface area contributed by atoms with Gasteiger partial charge in [-0.3, -0.25) is 9.69 Å². The average molecular weight is 428 g/mol. The van der Waals surface area contributed by atoms with E-state index in [1.165, 1.54) is 11.8 Å². The molecule has 2 saturated carbocycles. The number of ether oxygens (including phenoxy) is 2. The molecule has 5 atom stereocenters. The lowest BCUT2D eigenvalue weighted by Crippen LogP contribution is -2.51. The zero-order chi connectivity index (χ0) is 21.3. The van der Waals surface area contributed by atoms with Crippen LogP contribution in [0.3, 0.4) is 0 Å². The van der Waals surface area contributed by atoms with E-state index in [2.05, 4.69) is 11.9 Å². The van der Waals surface area contributed by atoms with E-state index in [9.17, 15) is 9.90 Å². The fraction of sp³-hybridized carbons (Fsp3) is 0.458. The lowest BCUT2D eigenvalue weighted by molar-refractivity contribution is -0.0142. The number of rotatable bonds is 7. The minimum absolute atomic E-state index is 0.0263. The van der Waals surface area contributed by atoms with Gasteiger partial charge in [-0.2, -0.15) is 0 Å². The summed E-state index contributed by atoms with van der Waals surface area (Å²) in [5.41, 5.74) is 1.82. The third-order valence-electron chi connectivity index (χ3n) is 6.63. The van der Waals surface area contributed by atoms with Gasteiger partial charge in [-0.15, -0.1) is 0 Å². The summed E-state index contributed by atoms with van der Waals surface area (Å²) >= 11 is 1.30. The zero-order valence-corrected chi connectivity index (χ0v) is 18.5. The minimum atomic E-state index is -0.409. The van der Waals surface area contributed by atoms with Gasteiger partial charge in [-0.1, -0.05) is 48.2 Å². The summed E-state index contributed by atoms with van der Waals surface area (Å²) in [5, 5.41) is 10.8. The highest BCUT2D eigenvalue weighted by Gasteiger charge is 2.54. The molecular weight excluding hydrogens is 398 g/mol. The van der Waals surface area contributed by atoms with Crippen molar-refractivity contribution >= 4 is 16.9 Å². The van der Waals surface area contributed by atoms with Crippen LogP contribution in [0.2, 0.25) is 0 Å². The number of benzene rings is 2. The molecule has 160 valence electrons. The molecule has 30 heavy (non-hydrogen) atoms. The van der Waals surface area contributed by atoms with Gasteiger partial charge in [0.1, 0.15) is 11.5 Å². The van der Waals surface area contributed by atoms with Crippen LogP contribution in [0, 0.1) is 11.8 Å². The van der Waals surface area contributed by atoms with E-state index in [4.69, 9.17) is 9.47 Å². The molecule has 0 heterocycles. The maximum Gasteiger partial charge on any atom is 0.219 e. The predicted octanol–water partition coefficient (Wildman–Crippen LogP) is 3.85. The van der Waals surface area contributed by atoms with Crippen molar-refractivity contribution in [1.82, 2.24) is 4.90 Å². The predicted molar refractivity (Wildman–Crippen MR) is 119 cm³/mol. The second-order valence-electron chi connectivity index (χ2n) is 8.26. The molecule has 2 aliphatic rings. The smallest absolute Gasteiger partial charge is 0.219 e. The number of hydrogen-bond acceptors (Lipinski definition) is 6. The van der Waals surface area contributed by atoms with Crippen molar-refractivity contribution in [2.24, 2.45) is 11.8 Å². The summed E-state index contributed by atoms with van der Waals surface area (Å²) in [4.78, 5) is 14.9. The van der Waals surface area contributed by atoms with E-state index in [1.807, 2.05) is 48.5 Å². The van der Waals surface area contributed by atoms with Crippen molar-refractivity contribution in [3.8, 4) is 11.5 Å². The molecule has 0 spiro atoms. The lowest BCUT2D eigenvalue weighted by atomic mass is 9.70. The molecule has 0 aliphatic heterocycles. The molecule has 0 amide bonds. The van der Waals surface area contributed by atoms with E-state index < -0.39 is 6.10 Å². The standard InChI is InChI=1S/C24H29NO4S/c1-25(14-16-9-10-17(28-2)11-21(16)29-3)20-12-19-18(20)13-22(23(19)26)30-24(27)15-7-5-4-6-8-15/h4-11,18-20,22-23,26H,12-14H2,1-3H3/t18-,19-,20+,22+,23+/m0/s1. The van der Waals surface area contributed by atoms with Gasteiger partial charge in [0.25, 0.3) is 0 Å².